The van der Waals surface area contributed by atoms with E-state index < -0.39 is 0 Å². The Hall–Kier alpha value is -1.26. The van der Waals surface area contributed by atoms with Crippen LogP contribution in [0.4, 0.5) is 5.69 Å². The topological polar surface area (TPSA) is 35.6 Å². The molecule has 1 aromatic rings. The average molecular weight is 312 g/mol. The van der Waals surface area contributed by atoms with Crippen LogP contribution in [0.25, 0.3) is 0 Å². The predicted octanol–water partition coefficient (Wildman–Crippen LogP) is 2.75. The number of hydrogen-bond acceptors (Lipinski definition) is 3. The first kappa shape index (κ1) is 17.8. The van der Waals surface area contributed by atoms with Crippen LogP contribution in [0.3, 0.4) is 0 Å². The summed E-state index contributed by atoms with van der Waals surface area (Å²) in [6.45, 7) is 7.44. The number of nitrogens with zero attached hydrogens (tertiary/aromatic N) is 2. The number of carbonyl (C=O) groups is 1. The molecule has 0 aliphatic carbocycles. The second kappa shape index (κ2) is 7.14. The van der Waals surface area contributed by atoms with Crippen LogP contribution in [-0.4, -0.2) is 44.0 Å². The lowest BCUT2D eigenvalue weighted by molar-refractivity contribution is -0.127. The van der Waals surface area contributed by atoms with Crippen LogP contribution >= 0.6 is 11.6 Å². The molecule has 0 aromatic heterocycles. The van der Waals surface area contributed by atoms with E-state index >= 15 is 0 Å². The number of anilines is 1. The van der Waals surface area contributed by atoms with E-state index in [1.807, 2.05) is 30.1 Å². The Labute approximate surface area is 133 Å². The first-order chi connectivity index (χ1) is 9.60. The molecule has 0 atom stereocenters. The van der Waals surface area contributed by atoms with Crippen LogP contribution in [0.1, 0.15) is 26.3 Å². The Morgan fingerprint density at radius 3 is 2.38 bits per heavy atom. The van der Waals surface area contributed by atoms with E-state index in [0.29, 0.717) is 11.6 Å². The molecule has 21 heavy (non-hydrogen) atoms. The van der Waals surface area contributed by atoms with Gasteiger partial charge in [-0.3, -0.25) is 4.79 Å². The fourth-order valence-electron chi connectivity index (χ4n) is 1.83. The van der Waals surface area contributed by atoms with Crippen molar-refractivity contribution in [2.24, 2.45) is 0 Å². The summed E-state index contributed by atoms with van der Waals surface area (Å²) in [4.78, 5) is 15.4. The van der Waals surface area contributed by atoms with E-state index in [1.165, 1.54) is 0 Å². The minimum Gasteiger partial charge on any atom is -0.365 e. The van der Waals surface area contributed by atoms with Crippen LogP contribution in [0.5, 0.6) is 0 Å². The number of halogens is 1. The lowest BCUT2D eigenvalue weighted by atomic mass is 10.1. The third-order valence-corrected chi connectivity index (χ3v) is 3.37. The van der Waals surface area contributed by atoms with E-state index in [9.17, 15) is 4.79 Å². The molecule has 1 rings (SSSR count). The highest BCUT2D eigenvalue weighted by Crippen LogP contribution is 2.24. The van der Waals surface area contributed by atoms with Gasteiger partial charge in [-0.05, 0) is 38.5 Å². The molecule has 0 fully saturated rings. The Bertz CT molecular complexity index is 495. The summed E-state index contributed by atoms with van der Waals surface area (Å²) in [5.74, 6) is 0.0622. The van der Waals surface area contributed by atoms with Crippen molar-refractivity contribution in [1.29, 1.82) is 0 Å². The largest absolute Gasteiger partial charge is 0.365 e. The number of benzene rings is 1. The third-order valence-electron chi connectivity index (χ3n) is 3.14. The highest BCUT2D eigenvalue weighted by molar-refractivity contribution is 6.30. The quantitative estimate of drug-likeness (QED) is 0.908. The number of amides is 1. The third kappa shape index (κ3) is 5.94. The number of nitrogens with one attached hydrogen (secondary N) is 1. The van der Waals surface area contributed by atoms with E-state index in [4.69, 9.17) is 11.6 Å². The second-order valence-electron chi connectivity index (χ2n) is 6.52. The molecule has 0 radical (unpaired) electrons. The summed E-state index contributed by atoms with van der Waals surface area (Å²) >= 11 is 6.11. The van der Waals surface area contributed by atoms with E-state index in [-0.39, 0.29) is 11.4 Å². The van der Waals surface area contributed by atoms with Crippen molar-refractivity contribution >= 4 is 23.2 Å². The molecule has 0 aliphatic heterocycles. The molecule has 5 heteroatoms. The molecule has 1 N–H and O–H groups in total. The first-order valence-electron chi connectivity index (χ1n) is 7.05. The van der Waals surface area contributed by atoms with Crippen LogP contribution < -0.4 is 10.2 Å². The Balaban J connectivity index is 2.93. The number of hydrogen-bond donors (Lipinski definition) is 1. The molecule has 0 saturated heterocycles. The summed E-state index contributed by atoms with van der Waals surface area (Å²) < 4.78 is 0. The molecule has 118 valence electrons. The van der Waals surface area contributed by atoms with Crippen LogP contribution in [0.15, 0.2) is 18.2 Å². The summed E-state index contributed by atoms with van der Waals surface area (Å²) in [6, 6.07) is 5.80. The maximum absolute atomic E-state index is 11.9. The Morgan fingerprint density at radius 1 is 1.24 bits per heavy atom. The smallest absolute Gasteiger partial charge is 0.241 e. The molecule has 0 saturated carbocycles. The summed E-state index contributed by atoms with van der Waals surface area (Å²) in [5.41, 5.74) is 2.15. The molecule has 1 amide bonds. The van der Waals surface area contributed by atoms with Gasteiger partial charge in [-0.15, -0.1) is 0 Å². The van der Waals surface area contributed by atoms with Gasteiger partial charge in [0, 0.05) is 43.9 Å². The van der Waals surface area contributed by atoms with Gasteiger partial charge in [0.15, 0.2) is 0 Å². The van der Waals surface area contributed by atoms with Crippen molar-refractivity contribution in [1.82, 2.24) is 10.2 Å². The van der Waals surface area contributed by atoms with Crippen LogP contribution in [0, 0.1) is 0 Å². The van der Waals surface area contributed by atoms with E-state index in [0.717, 1.165) is 17.8 Å². The van der Waals surface area contributed by atoms with Crippen LogP contribution in [0.2, 0.25) is 5.02 Å². The summed E-state index contributed by atoms with van der Waals surface area (Å²) in [7, 11) is 5.43. The van der Waals surface area contributed by atoms with Gasteiger partial charge >= 0.3 is 0 Å². The lowest BCUT2D eigenvalue weighted by Gasteiger charge is -2.26. The highest BCUT2D eigenvalue weighted by atomic mass is 35.5. The van der Waals surface area contributed by atoms with Gasteiger partial charge in [0.05, 0.1) is 6.54 Å². The van der Waals surface area contributed by atoms with Gasteiger partial charge in [0.25, 0.3) is 0 Å². The maximum atomic E-state index is 11.9. The molecule has 0 bridgehead atoms. The minimum atomic E-state index is 0.0366. The zero-order chi connectivity index (χ0) is 16.2. The highest BCUT2D eigenvalue weighted by Gasteiger charge is 2.15. The Morgan fingerprint density at radius 2 is 1.86 bits per heavy atom. The van der Waals surface area contributed by atoms with Crippen molar-refractivity contribution in [3.8, 4) is 0 Å². The van der Waals surface area contributed by atoms with E-state index in [1.54, 1.807) is 19.0 Å². The standard InChI is InChI=1S/C16H26ClN3O/c1-16(2,3)18-10-12-7-8-13(17)9-14(12)20(6)11-15(21)19(4)5/h7-9,18H,10-11H2,1-6H3. The van der Waals surface area contributed by atoms with Gasteiger partial charge in [0.2, 0.25) is 5.91 Å². The Kier molecular flexibility index (Phi) is 6.05. The molecule has 0 spiro atoms. The normalized spacial score (nSPS) is 11.4. The fraction of sp³-hybridized carbons (Fsp3) is 0.562. The summed E-state index contributed by atoms with van der Waals surface area (Å²) in [5, 5.41) is 4.14. The molecule has 0 aliphatic rings. The molecule has 0 heterocycles. The van der Waals surface area contributed by atoms with Crippen molar-refractivity contribution in [2.75, 3.05) is 32.6 Å². The summed E-state index contributed by atoms with van der Waals surface area (Å²) in [6.07, 6.45) is 0. The van der Waals surface area contributed by atoms with Gasteiger partial charge in [-0.2, -0.15) is 0 Å². The number of carbonyl (C=O) groups excluding carboxylic acids is 1. The molecular weight excluding hydrogens is 286 g/mol. The van der Waals surface area contributed by atoms with Gasteiger partial charge < -0.3 is 15.1 Å². The second-order valence-corrected chi connectivity index (χ2v) is 6.96. The van der Waals surface area contributed by atoms with Crippen LogP contribution in [-0.2, 0) is 11.3 Å². The minimum absolute atomic E-state index is 0.0366. The maximum Gasteiger partial charge on any atom is 0.241 e. The van der Waals surface area contributed by atoms with E-state index in [2.05, 4.69) is 26.1 Å². The van der Waals surface area contributed by atoms with Gasteiger partial charge in [-0.25, -0.2) is 0 Å². The number of likely N-dealkylation sites (N-methyl/N-ethyl adjacent to an activating group) is 2. The molecule has 0 unspecified atom stereocenters. The molecule has 1 aromatic carbocycles. The predicted molar refractivity (Wildman–Crippen MR) is 90.0 cm³/mol. The number of rotatable bonds is 5. The van der Waals surface area contributed by atoms with Crippen molar-refractivity contribution < 1.29 is 4.79 Å². The SMILES string of the molecule is CN(C)C(=O)CN(C)c1cc(Cl)ccc1CNC(C)(C)C. The molecular formula is C16H26ClN3O. The van der Waals surface area contributed by atoms with Crippen molar-refractivity contribution in [3.63, 3.8) is 0 Å². The van der Waals surface area contributed by atoms with Crippen molar-refractivity contribution in [2.45, 2.75) is 32.9 Å². The first-order valence-corrected chi connectivity index (χ1v) is 7.42. The fourth-order valence-corrected chi connectivity index (χ4v) is 2.00. The molecule has 4 nitrogen and oxygen atoms in total. The van der Waals surface area contributed by atoms with Gasteiger partial charge in [-0.1, -0.05) is 17.7 Å². The monoisotopic (exact) mass is 311 g/mol. The lowest BCUT2D eigenvalue weighted by Crippen LogP contribution is -2.37. The zero-order valence-corrected chi connectivity index (χ0v) is 14.6. The average Bonchev–Trinajstić information content (AvgIpc) is 2.35. The van der Waals surface area contributed by atoms with Gasteiger partial charge in [0.1, 0.15) is 0 Å². The van der Waals surface area contributed by atoms with Crippen molar-refractivity contribution in [3.05, 3.63) is 28.8 Å². The zero-order valence-electron chi connectivity index (χ0n) is 13.8.